The van der Waals surface area contributed by atoms with Gasteiger partial charge in [0.05, 0.1) is 11.0 Å². The number of ether oxygens (including phenoxy) is 2. The highest BCUT2D eigenvalue weighted by Gasteiger charge is 2.28. The lowest BCUT2D eigenvalue weighted by molar-refractivity contribution is 0.146. The summed E-state index contributed by atoms with van der Waals surface area (Å²) in [5.74, 6) is 1.74. The molecular formula is C29H31N7O5S. The SMILES string of the molecule is CC1=NC2N=CNN2C(Oc2ccc(NS(=O)(=O)c3ccc4c(c3)CCC(CNCC(O)c3cccnc3)O4)cc2)=C1. The first-order chi connectivity index (χ1) is 20.3. The molecule has 2 aromatic carbocycles. The van der Waals surface area contributed by atoms with Gasteiger partial charge in [-0.2, -0.15) is 0 Å². The molecule has 0 spiro atoms. The van der Waals surface area contributed by atoms with Crippen LogP contribution in [0.25, 0.3) is 0 Å². The normalized spacial score (nSPS) is 19.9. The third kappa shape index (κ3) is 6.22. The number of fused-ring (bicyclic) bond motifs is 2. The molecule has 0 saturated heterocycles. The van der Waals surface area contributed by atoms with Crippen LogP contribution in [0.1, 0.15) is 30.6 Å². The van der Waals surface area contributed by atoms with E-state index in [1.54, 1.807) is 78.3 Å². The number of nitrogens with one attached hydrogen (secondary N) is 3. The van der Waals surface area contributed by atoms with E-state index in [-0.39, 0.29) is 11.0 Å². The number of nitrogens with zero attached hydrogens (tertiary/aromatic N) is 4. The number of anilines is 1. The number of hydrogen-bond acceptors (Lipinski definition) is 11. The van der Waals surface area contributed by atoms with Crippen LogP contribution in [0.5, 0.6) is 11.5 Å². The smallest absolute Gasteiger partial charge is 0.261 e. The van der Waals surface area contributed by atoms with Gasteiger partial charge in [0.25, 0.3) is 10.0 Å². The average molecular weight is 590 g/mol. The van der Waals surface area contributed by atoms with Crippen molar-refractivity contribution in [3.05, 3.63) is 90.1 Å². The Kier molecular flexibility index (Phi) is 7.78. The van der Waals surface area contributed by atoms with E-state index < -0.39 is 22.4 Å². The van der Waals surface area contributed by atoms with E-state index in [1.165, 1.54) is 0 Å². The van der Waals surface area contributed by atoms with Gasteiger partial charge in [0.2, 0.25) is 12.2 Å². The van der Waals surface area contributed by atoms with Crippen LogP contribution in [0.3, 0.4) is 0 Å². The number of aliphatic imine (C=N–C) groups is 2. The van der Waals surface area contributed by atoms with Crippen LogP contribution in [0.15, 0.2) is 93.8 Å². The third-order valence-electron chi connectivity index (χ3n) is 7.00. The fourth-order valence-electron chi connectivity index (χ4n) is 4.84. The summed E-state index contributed by atoms with van der Waals surface area (Å²) >= 11 is 0. The number of hydrogen-bond donors (Lipinski definition) is 4. The van der Waals surface area contributed by atoms with Gasteiger partial charge in [-0.25, -0.2) is 23.4 Å². The van der Waals surface area contributed by atoms with Crippen molar-refractivity contribution in [2.24, 2.45) is 9.98 Å². The predicted molar refractivity (Wildman–Crippen MR) is 158 cm³/mol. The van der Waals surface area contributed by atoms with Gasteiger partial charge < -0.3 is 19.9 Å². The molecule has 3 aromatic rings. The quantitative estimate of drug-likeness (QED) is 0.280. The summed E-state index contributed by atoms with van der Waals surface area (Å²) in [4.78, 5) is 12.8. The van der Waals surface area contributed by atoms with E-state index in [0.29, 0.717) is 42.6 Å². The molecule has 4 N–H and O–H groups in total. The molecule has 0 bridgehead atoms. The molecule has 3 atom stereocenters. The second-order valence-corrected chi connectivity index (χ2v) is 11.8. The molecule has 13 heteroatoms. The second kappa shape index (κ2) is 11.8. The molecular weight excluding hydrogens is 558 g/mol. The summed E-state index contributed by atoms with van der Waals surface area (Å²) in [5, 5.41) is 15.3. The number of aliphatic hydroxyl groups is 1. The van der Waals surface area contributed by atoms with E-state index in [0.717, 1.165) is 23.3 Å². The standard InChI is InChI=1S/C29H31N7O5S/c1-19-13-28(36-29(34-19)32-18-33-36)41-23-8-5-22(6-9-23)35-42(38,39)25-10-11-27-20(14-25)4-7-24(40-27)16-31-17-26(37)21-3-2-12-30-15-21/h2-3,5-6,8-15,18,24,26,29,31,35,37H,4,7,16-17H2,1H3,(H,32,33). The maximum atomic E-state index is 13.2. The monoisotopic (exact) mass is 589 g/mol. The fourth-order valence-corrected chi connectivity index (χ4v) is 5.95. The van der Waals surface area contributed by atoms with Crippen molar-refractivity contribution in [3.63, 3.8) is 0 Å². The largest absolute Gasteiger partial charge is 0.489 e. The summed E-state index contributed by atoms with van der Waals surface area (Å²) in [6.07, 6.45) is 6.93. The summed E-state index contributed by atoms with van der Waals surface area (Å²) < 4.78 is 41.1. The van der Waals surface area contributed by atoms with Crippen LogP contribution >= 0.6 is 0 Å². The summed E-state index contributed by atoms with van der Waals surface area (Å²) in [5.41, 5.74) is 5.77. The van der Waals surface area contributed by atoms with E-state index in [2.05, 4.69) is 30.4 Å². The number of aryl methyl sites for hydroxylation is 1. The maximum absolute atomic E-state index is 13.2. The van der Waals surface area contributed by atoms with Crippen molar-refractivity contribution < 1.29 is 23.0 Å². The molecule has 1 aromatic heterocycles. The molecule has 3 aliphatic rings. The van der Waals surface area contributed by atoms with Crippen molar-refractivity contribution in [1.29, 1.82) is 0 Å². The first kappa shape index (κ1) is 27.7. The molecule has 12 nitrogen and oxygen atoms in total. The molecule has 42 heavy (non-hydrogen) atoms. The van der Waals surface area contributed by atoms with Crippen LogP contribution < -0.4 is 24.9 Å². The number of pyridine rings is 1. The van der Waals surface area contributed by atoms with Gasteiger partial charge in [-0.1, -0.05) is 6.07 Å². The van der Waals surface area contributed by atoms with Crippen LogP contribution in [0, 0.1) is 0 Å². The van der Waals surface area contributed by atoms with Gasteiger partial charge in [-0.05, 0) is 73.9 Å². The maximum Gasteiger partial charge on any atom is 0.261 e. The molecule has 3 unspecified atom stereocenters. The first-order valence-corrected chi connectivity index (χ1v) is 15.0. The number of sulfonamides is 1. The first-order valence-electron chi connectivity index (χ1n) is 13.6. The highest BCUT2D eigenvalue weighted by molar-refractivity contribution is 7.92. The lowest BCUT2D eigenvalue weighted by atomic mass is 10.0. The summed E-state index contributed by atoms with van der Waals surface area (Å²) in [6.45, 7) is 2.81. The summed E-state index contributed by atoms with van der Waals surface area (Å²) in [7, 11) is -3.82. The molecule has 0 saturated carbocycles. The zero-order valence-corrected chi connectivity index (χ0v) is 23.7. The Balaban J connectivity index is 1.03. The molecule has 6 rings (SSSR count). The Morgan fingerprint density at radius 1 is 1.21 bits per heavy atom. The number of hydrazine groups is 1. The van der Waals surface area contributed by atoms with Crippen LogP contribution in [-0.4, -0.2) is 61.1 Å². The highest BCUT2D eigenvalue weighted by Crippen LogP contribution is 2.31. The number of aromatic nitrogens is 1. The van der Waals surface area contributed by atoms with E-state index in [4.69, 9.17) is 9.47 Å². The van der Waals surface area contributed by atoms with Crippen molar-refractivity contribution in [2.75, 3.05) is 17.8 Å². The Morgan fingerprint density at radius 3 is 2.88 bits per heavy atom. The van der Waals surface area contributed by atoms with Gasteiger partial charge in [-0.3, -0.25) is 15.1 Å². The minimum absolute atomic E-state index is 0.0832. The van der Waals surface area contributed by atoms with Crippen LogP contribution in [-0.2, 0) is 16.4 Å². The molecule has 218 valence electrons. The van der Waals surface area contributed by atoms with E-state index >= 15 is 0 Å². The zero-order chi connectivity index (χ0) is 29.1. The Morgan fingerprint density at radius 2 is 2.07 bits per heavy atom. The van der Waals surface area contributed by atoms with Gasteiger partial charge in [0, 0.05) is 48.5 Å². The predicted octanol–water partition coefficient (Wildman–Crippen LogP) is 2.73. The van der Waals surface area contributed by atoms with Crippen LogP contribution in [0.4, 0.5) is 5.69 Å². The summed E-state index contributed by atoms with van der Waals surface area (Å²) in [6, 6.07) is 15.2. The van der Waals surface area contributed by atoms with Crippen molar-refractivity contribution >= 4 is 27.8 Å². The van der Waals surface area contributed by atoms with Crippen molar-refractivity contribution in [1.82, 2.24) is 20.7 Å². The Hall–Kier alpha value is -4.46. The number of rotatable bonds is 10. The van der Waals surface area contributed by atoms with Crippen molar-refractivity contribution in [2.45, 2.75) is 43.2 Å². The van der Waals surface area contributed by atoms with Gasteiger partial charge in [0.1, 0.15) is 23.9 Å². The number of allylic oxidation sites excluding steroid dienone is 1. The lowest BCUT2D eigenvalue weighted by Gasteiger charge is -2.27. The minimum Gasteiger partial charge on any atom is -0.489 e. The molecule has 0 aliphatic carbocycles. The molecule has 0 fully saturated rings. The topological polar surface area (TPSA) is 150 Å². The van der Waals surface area contributed by atoms with Crippen molar-refractivity contribution in [3.8, 4) is 11.5 Å². The van der Waals surface area contributed by atoms with Gasteiger partial charge >= 0.3 is 0 Å². The molecule has 0 amide bonds. The fraction of sp³-hybridized carbons (Fsp3) is 0.276. The molecule has 3 aliphatic heterocycles. The van der Waals surface area contributed by atoms with Gasteiger partial charge in [0.15, 0.2) is 0 Å². The van der Waals surface area contributed by atoms with E-state index in [9.17, 15) is 13.5 Å². The van der Waals surface area contributed by atoms with Crippen LogP contribution in [0.2, 0.25) is 0 Å². The zero-order valence-electron chi connectivity index (χ0n) is 22.8. The lowest BCUT2D eigenvalue weighted by Crippen LogP contribution is -2.41. The average Bonchev–Trinajstić information content (AvgIpc) is 3.47. The molecule has 0 radical (unpaired) electrons. The minimum atomic E-state index is -3.82. The Bertz CT molecular complexity index is 1630. The third-order valence-corrected chi connectivity index (χ3v) is 8.38. The van der Waals surface area contributed by atoms with E-state index in [1.807, 2.05) is 13.0 Å². The highest BCUT2D eigenvalue weighted by atomic mass is 32.2. The Labute approximate surface area is 243 Å². The molecule has 4 heterocycles. The van der Waals surface area contributed by atoms with Gasteiger partial charge in [-0.15, -0.1) is 0 Å². The number of benzene rings is 2. The number of aliphatic hydroxyl groups excluding tert-OH is 1. The second-order valence-electron chi connectivity index (χ2n) is 10.1.